The van der Waals surface area contributed by atoms with Crippen molar-refractivity contribution < 1.29 is 14.4 Å². The van der Waals surface area contributed by atoms with E-state index < -0.39 is 11.4 Å². The third-order valence-corrected chi connectivity index (χ3v) is 7.40. The number of H-pyrrole nitrogens is 1. The second-order valence-corrected chi connectivity index (χ2v) is 10.7. The van der Waals surface area contributed by atoms with E-state index in [1.807, 2.05) is 63.2 Å². The van der Waals surface area contributed by atoms with Gasteiger partial charge in [-0.15, -0.1) is 11.3 Å². The summed E-state index contributed by atoms with van der Waals surface area (Å²) in [6.45, 7) is 5.84. The summed E-state index contributed by atoms with van der Waals surface area (Å²) in [7, 11) is 0. The monoisotopic (exact) mass is 537 g/mol. The van der Waals surface area contributed by atoms with Crippen LogP contribution >= 0.6 is 11.3 Å². The Morgan fingerprint density at radius 1 is 0.821 bits per heavy atom. The number of carbonyl (C=O) groups is 3. The highest BCUT2D eigenvalue weighted by Gasteiger charge is 2.25. The minimum Gasteiger partial charge on any atom is -0.342 e. The first-order chi connectivity index (χ1) is 18.7. The molecule has 4 N–H and O–H groups in total. The second kappa shape index (κ2) is 10.5. The summed E-state index contributed by atoms with van der Waals surface area (Å²) in [5, 5.41) is 16.5. The summed E-state index contributed by atoms with van der Waals surface area (Å²) < 4.78 is 0. The average molecular weight is 538 g/mol. The van der Waals surface area contributed by atoms with Gasteiger partial charge in [0.15, 0.2) is 0 Å². The lowest BCUT2D eigenvalue weighted by atomic mass is 9.94. The SMILES string of the molecule is Cc1ccc(C(=O)Nc2ccccc2C(=O)Nc2[nH]nc3sc(C(=O)NC(C)(C)c4ccccc4)cc23)cc1. The number of fused-ring (bicyclic) bond motifs is 1. The van der Waals surface area contributed by atoms with Gasteiger partial charge in [0, 0.05) is 5.56 Å². The Kier molecular flexibility index (Phi) is 7.00. The summed E-state index contributed by atoms with van der Waals surface area (Å²) in [5.41, 5.74) is 2.62. The number of hydrogen-bond acceptors (Lipinski definition) is 5. The van der Waals surface area contributed by atoms with Crippen LogP contribution in [0.1, 0.15) is 55.4 Å². The molecule has 0 aliphatic rings. The van der Waals surface area contributed by atoms with Crippen molar-refractivity contribution in [2.75, 3.05) is 10.6 Å². The fraction of sp³-hybridized carbons (Fsp3) is 0.133. The van der Waals surface area contributed by atoms with Gasteiger partial charge in [-0.1, -0.05) is 60.2 Å². The van der Waals surface area contributed by atoms with Crippen molar-refractivity contribution in [2.24, 2.45) is 0 Å². The highest BCUT2D eigenvalue weighted by atomic mass is 32.1. The predicted molar refractivity (Wildman–Crippen MR) is 154 cm³/mol. The molecule has 0 saturated carbocycles. The Balaban J connectivity index is 1.32. The summed E-state index contributed by atoms with van der Waals surface area (Å²) in [4.78, 5) is 40.1. The van der Waals surface area contributed by atoms with Crippen molar-refractivity contribution in [1.82, 2.24) is 15.5 Å². The van der Waals surface area contributed by atoms with Crippen molar-refractivity contribution in [3.63, 3.8) is 0 Å². The first kappa shape index (κ1) is 25.9. The number of anilines is 2. The maximum atomic E-state index is 13.2. The topological polar surface area (TPSA) is 116 Å². The van der Waals surface area contributed by atoms with Crippen LogP contribution in [0.5, 0.6) is 0 Å². The van der Waals surface area contributed by atoms with Crippen molar-refractivity contribution in [2.45, 2.75) is 26.3 Å². The maximum Gasteiger partial charge on any atom is 0.262 e. The number of aromatic nitrogens is 2. The molecule has 196 valence electrons. The van der Waals surface area contributed by atoms with Gasteiger partial charge in [-0.2, -0.15) is 5.10 Å². The molecule has 0 unspecified atom stereocenters. The number of aryl methyl sites for hydroxylation is 1. The van der Waals surface area contributed by atoms with Crippen LogP contribution in [-0.4, -0.2) is 27.9 Å². The van der Waals surface area contributed by atoms with Crippen LogP contribution in [0.4, 0.5) is 11.5 Å². The molecule has 2 heterocycles. The van der Waals surface area contributed by atoms with Crippen molar-refractivity contribution in [3.8, 4) is 0 Å². The third-order valence-electron chi connectivity index (χ3n) is 6.37. The molecule has 0 spiro atoms. The van der Waals surface area contributed by atoms with Crippen molar-refractivity contribution in [1.29, 1.82) is 0 Å². The number of para-hydroxylation sites is 1. The quantitative estimate of drug-likeness (QED) is 0.201. The van der Waals surface area contributed by atoms with Gasteiger partial charge in [-0.05, 0) is 56.7 Å². The highest BCUT2D eigenvalue weighted by Crippen LogP contribution is 2.31. The Morgan fingerprint density at radius 3 is 2.26 bits per heavy atom. The second-order valence-electron chi connectivity index (χ2n) is 9.69. The molecule has 0 aliphatic carbocycles. The van der Waals surface area contributed by atoms with Gasteiger partial charge < -0.3 is 16.0 Å². The number of rotatable bonds is 7. The van der Waals surface area contributed by atoms with Gasteiger partial charge in [0.25, 0.3) is 17.7 Å². The van der Waals surface area contributed by atoms with Crippen LogP contribution < -0.4 is 16.0 Å². The first-order valence-electron chi connectivity index (χ1n) is 12.4. The molecule has 9 heteroatoms. The van der Waals surface area contributed by atoms with Gasteiger partial charge in [0.2, 0.25) is 0 Å². The lowest BCUT2D eigenvalue weighted by Gasteiger charge is -2.26. The van der Waals surface area contributed by atoms with Gasteiger partial charge in [-0.3, -0.25) is 19.5 Å². The summed E-state index contributed by atoms with van der Waals surface area (Å²) in [5.74, 6) is -0.602. The third kappa shape index (κ3) is 5.58. The molecule has 5 rings (SSSR count). The molecule has 5 aromatic rings. The lowest BCUT2D eigenvalue weighted by Crippen LogP contribution is -2.40. The molecular formula is C30H27N5O3S. The number of amides is 3. The molecule has 3 aromatic carbocycles. The minimum atomic E-state index is -0.574. The Labute approximate surface area is 229 Å². The van der Waals surface area contributed by atoms with Crippen LogP contribution in [-0.2, 0) is 5.54 Å². The fourth-order valence-electron chi connectivity index (χ4n) is 4.16. The molecule has 0 atom stereocenters. The Hall–Kier alpha value is -4.76. The molecular weight excluding hydrogens is 510 g/mol. The molecule has 0 radical (unpaired) electrons. The van der Waals surface area contributed by atoms with E-state index in [-0.39, 0.29) is 11.8 Å². The molecule has 8 nitrogen and oxygen atoms in total. The molecule has 0 saturated heterocycles. The normalized spacial score (nSPS) is 11.3. The number of carbonyl (C=O) groups excluding carboxylic acids is 3. The largest absolute Gasteiger partial charge is 0.342 e. The zero-order valence-corrected chi connectivity index (χ0v) is 22.5. The van der Waals surface area contributed by atoms with Gasteiger partial charge in [0.05, 0.1) is 27.1 Å². The van der Waals surface area contributed by atoms with Gasteiger partial charge >= 0.3 is 0 Å². The standard InChI is InChI=1S/C30H27N5O3S/c1-18-13-15-19(16-14-18)26(36)31-23-12-8-7-11-21(23)27(37)32-25-22-17-24(39-29(22)35-34-25)28(38)33-30(2,3)20-9-5-4-6-10-20/h4-17H,1-3H3,(H,31,36)(H,33,38)(H2,32,34,35,37). The summed E-state index contributed by atoms with van der Waals surface area (Å²) >= 11 is 1.23. The number of thiophene rings is 1. The molecule has 0 aliphatic heterocycles. The van der Waals surface area contributed by atoms with E-state index in [0.717, 1.165) is 11.1 Å². The van der Waals surface area contributed by atoms with Gasteiger partial charge in [-0.25, -0.2) is 0 Å². The van der Waals surface area contributed by atoms with E-state index in [2.05, 4.69) is 26.1 Å². The van der Waals surface area contributed by atoms with Gasteiger partial charge in [0.1, 0.15) is 10.6 Å². The van der Waals surface area contributed by atoms with E-state index in [0.29, 0.717) is 37.7 Å². The number of nitrogens with one attached hydrogen (secondary N) is 4. The van der Waals surface area contributed by atoms with Crippen LogP contribution in [0, 0.1) is 6.92 Å². The fourth-order valence-corrected chi connectivity index (χ4v) is 5.05. The van der Waals surface area contributed by atoms with Crippen LogP contribution in [0.3, 0.4) is 0 Å². The number of nitrogens with zero attached hydrogens (tertiary/aromatic N) is 1. The van der Waals surface area contributed by atoms with Crippen LogP contribution in [0.25, 0.3) is 10.2 Å². The minimum absolute atomic E-state index is 0.228. The van der Waals surface area contributed by atoms with Crippen LogP contribution in [0.15, 0.2) is 84.9 Å². The number of benzene rings is 3. The first-order valence-corrected chi connectivity index (χ1v) is 13.2. The van der Waals surface area contributed by atoms with Crippen molar-refractivity contribution >= 4 is 50.8 Å². The van der Waals surface area contributed by atoms with E-state index in [1.165, 1.54) is 11.3 Å². The van der Waals surface area contributed by atoms with E-state index >= 15 is 0 Å². The smallest absolute Gasteiger partial charge is 0.262 e. The van der Waals surface area contributed by atoms with E-state index in [4.69, 9.17) is 0 Å². The molecule has 3 amide bonds. The molecule has 39 heavy (non-hydrogen) atoms. The number of aromatic amines is 1. The highest BCUT2D eigenvalue weighted by molar-refractivity contribution is 7.20. The lowest BCUT2D eigenvalue weighted by molar-refractivity contribution is 0.0915. The summed E-state index contributed by atoms with van der Waals surface area (Å²) in [6, 6.07) is 25.4. The van der Waals surface area contributed by atoms with E-state index in [9.17, 15) is 14.4 Å². The zero-order valence-electron chi connectivity index (χ0n) is 21.7. The van der Waals surface area contributed by atoms with Crippen LogP contribution in [0.2, 0.25) is 0 Å². The van der Waals surface area contributed by atoms with E-state index in [1.54, 1.807) is 42.5 Å². The Bertz CT molecular complexity index is 1670. The van der Waals surface area contributed by atoms with Crippen molar-refractivity contribution in [3.05, 3.63) is 112 Å². The molecule has 2 aromatic heterocycles. The maximum absolute atomic E-state index is 13.2. The average Bonchev–Trinajstić information content (AvgIpc) is 3.52. The molecule has 0 bridgehead atoms. The molecule has 0 fully saturated rings. The zero-order chi connectivity index (χ0) is 27.6. The predicted octanol–water partition coefficient (Wildman–Crippen LogP) is 6.10. The summed E-state index contributed by atoms with van der Waals surface area (Å²) in [6.07, 6.45) is 0. The Morgan fingerprint density at radius 2 is 1.51 bits per heavy atom. The number of hydrogen-bond donors (Lipinski definition) is 4.